The third-order valence-corrected chi connectivity index (χ3v) is 9.50. The monoisotopic (exact) mass is 540 g/mol. The molecule has 1 aliphatic carbocycles. The van der Waals surface area contributed by atoms with E-state index in [-0.39, 0.29) is 17.9 Å². The van der Waals surface area contributed by atoms with Crippen LogP contribution in [0.5, 0.6) is 11.5 Å². The number of rotatable bonds is 6. The summed E-state index contributed by atoms with van der Waals surface area (Å²) in [5, 5.41) is 11.1. The van der Waals surface area contributed by atoms with Crippen LogP contribution in [-0.2, 0) is 31.9 Å². The van der Waals surface area contributed by atoms with Crippen molar-refractivity contribution in [2.75, 3.05) is 13.0 Å². The van der Waals surface area contributed by atoms with E-state index < -0.39 is 7.60 Å². The quantitative estimate of drug-likeness (QED) is 0.319. The Balaban J connectivity index is 1.30. The first-order valence-corrected chi connectivity index (χ1v) is 14.9. The molecule has 0 spiro atoms. The second kappa shape index (κ2) is 10.1. The number of hydrogen-bond donors (Lipinski definition) is 1. The lowest BCUT2D eigenvalue weighted by atomic mass is 9.84. The van der Waals surface area contributed by atoms with Crippen LogP contribution in [0.1, 0.15) is 71.7 Å². The van der Waals surface area contributed by atoms with Crippen molar-refractivity contribution in [3.8, 4) is 11.5 Å². The van der Waals surface area contributed by atoms with E-state index in [4.69, 9.17) is 25.4 Å². The molecule has 2 aliphatic rings. The van der Waals surface area contributed by atoms with E-state index >= 15 is 0 Å². The van der Waals surface area contributed by atoms with E-state index in [9.17, 15) is 9.67 Å². The summed E-state index contributed by atoms with van der Waals surface area (Å²) in [6, 6.07) is 15.3. The molecular formula is C30H34ClO5P. The summed E-state index contributed by atoms with van der Waals surface area (Å²) in [7, 11) is -3.43. The van der Waals surface area contributed by atoms with E-state index in [0.717, 1.165) is 41.5 Å². The topological polar surface area (TPSA) is 65.0 Å². The molecule has 1 fully saturated rings. The number of phenols is 1. The van der Waals surface area contributed by atoms with Crippen LogP contribution in [0.3, 0.4) is 0 Å². The van der Waals surface area contributed by atoms with E-state index in [1.165, 1.54) is 16.7 Å². The second-order valence-electron chi connectivity index (χ2n) is 10.8. The maximum Gasteiger partial charge on any atom is 0.368 e. The fourth-order valence-electron chi connectivity index (χ4n) is 5.69. The fraction of sp³-hybridized carbons (Fsp3) is 0.400. The van der Waals surface area contributed by atoms with E-state index in [1.807, 2.05) is 36.4 Å². The van der Waals surface area contributed by atoms with Gasteiger partial charge in [0.05, 0.1) is 12.7 Å². The first-order valence-electron chi connectivity index (χ1n) is 12.8. The summed E-state index contributed by atoms with van der Waals surface area (Å²) >= 11 is 6.13. The minimum absolute atomic E-state index is 0.0103. The Kier molecular flexibility index (Phi) is 7.19. The van der Waals surface area contributed by atoms with E-state index in [0.29, 0.717) is 29.5 Å². The smallest absolute Gasteiger partial charge is 0.368 e. The zero-order valence-corrected chi connectivity index (χ0v) is 23.5. The predicted molar refractivity (Wildman–Crippen MR) is 147 cm³/mol. The molecule has 37 heavy (non-hydrogen) atoms. The highest BCUT2D eigenvalue weighted by Gasteiger charge is 2.36. The molecule has 2 atom stereocenters. The largest absolute Gasteiger partial charge is 0.508 e. The highest BCUT2D eigenvalue weighted by Crippen LogP contribution is 2.56. The standard InChI is InChI=1S/C30H34ClO5P/c1-19-14-24(34-18-37(33)35-13-11-28(36-37)22-6-5-7-23(31)16-22)15-20(2)26(19)17-21-8-9-27(32)29-25(21)10-12-30(29,3)4/h5-9,14-16,28,32H,10-13,17-18H2,1-4H3. The summed E-state index contributed by atoms with van der Waals surface area (Å²) in [6.45, 7) is 8.89. The van der Waals surface area contributed by atoms with Crippen molar-refractivity contribution >= 4 is 19.2 Å². The van der Waals surface area contributed by atoms with Crippen molar-refractivity contribution in [1.82, 2.24) is 0 Å². The lowest BCUT2D eigenvalue weighted by Gasteiger charge is -2.30. The molecule has 0 amide bonds. The molecule has 5 rings (SSSR count). The molecule has 1 N–H and O–H groups in total. The van der Waals surface area contributed by atoms with Gasteiger partial charge in [-0.05, 0) is 102 Å². The summed E-state index contributed by atoms with van der Waals surface area (Å²) in [5.41, 5.74) is 7.96. The van der Waals surface area contributed by atoms with Crippen LogP contribution < -0.4 is 4.74 Å². The minimum atomic E-state index is -3.43. The predicted octanol–water partition coefficient (Wildman–Crippen LogP) is 8.18. The Morgan fingerprint density at radius 1 is 1.14 bits per heavy atom. The highest BCUT2D eigenvalue weighted by atomic mass is 35.5. The van der Waals surface area contributed by atoms with Crippen LogP contribution >= 0.6 is 19.2 Å². The van der Waals surface area contributed by atoms with Crippen LogP contribution in [0, 0.1) is 13.8 Å². The zero-order chi connectivity index (χ0) is 26.4. The SMILES string of the molecule is Cc1cc(OCP2(=O)OCCC(c3cccc(Cl)c3)O2)cc(C)c1Cc1ccc(O)c2c1CCC2(C)C. The third-order valence-electron chi connectivity index (χ3n) is 7.67. The number of aromatic hydroxyl groups is 1. The molecule has 1 heterocycles. The second-order valence-corrected chi connectivity index (χ2v) is 13.2. The fourth-order valence-corrected chi connectivity index (χ4v) is 7.39. The number of benzene rings is 3. The Morgan fingerprint density at radius 2 is 1.89 bits per heavy atom. The average Bonchev–Trinajstić information content (AvgIpc) is 3.17. The number of phenolic OH excluding ortho intramolecular Hbond substituents is 1. The van der Waals surface area contributed by atoms with Gasteiger partial charge in [-0.1, -0.05) is 43.6 Å². The van der Waals surface area contributed by atoms with Gasteiger partial charge in [0.15, 0.2) is 6.35 Å². The van der Waals surface area contributed by atoms with Gasteiger partial charge in [-0.3, -0.25) is 9.09 Å². The lowest BCUT2D eigenvalue weighted by molar-refractivity contribution is 0.0725. The molecular weight excluding hydrogens is 507 g/mol. The Bertz CT molecular complexity index is 1360. The van der Waals surface area contributed by atoms with Gasteiger partial charge >= 0.3 is 7.60 Å². The Labute approximate surface area is 224 Å². The maximum atomic E-state index is 13.3. The molecule has 5 nitrogen and oxygen atoms in total. The van der Waals surface area contributed by atoms with Gasteiger partial charge in [0, 0.05) is 17.0 Å². The molecule has 0 radical (unpaired) electrons. The molecule has 7 heteroatoms. The molecule has 2 unspecified atom stereocenters. The highest BCUT2D eigenvalue weighted by molar-refractivity contribution is 7.53. The molecule has 3 aromatic rings. The first kappa shape index (κ1) is 26.3. The average molecular weight is 541 g/mol. The van der Waals surface area contributed by atoms with Crippen LogP contribution in [0.4, 0.5) is 0 Å². The summed E-state index contributed by atoms with van der Waals surface area (Å²) < 4.78 is 30.7. The van der Waals surface area contributed by atoms with Crippen molar-refractivity contribution in [2.45, 2.75) is 64.9 Å². The number of aryl methyl sites for hydroxylation is 2. The molecule has 1 saturated heterocycles. The van der Waals surface area contributed by atoms with Crippen LogP contribution in [0.2, 0.25) is 5.02 Å². The van der Waals surface area contributed by atoms with Gasteiger partial charge in [0.1, 0.15) is 11.5 Å². The summed E-state index contributed by atoms with van der Waals surface area (Å²) in [4.78, 5) is 0. The van der Waals surface area contributed by atoms with E-state index in [2.05, 4.69) is 33.8 Å². The van der Waals surface area contributed by atoms with Gasteiger partial charge in [-0.2, -0.15) is 0 Å². The minimum Gasteiger partial charge on any atom is -0.508 e. The van der Waals surface area contributed by atoms with Crippen molar-refractivity contribution in [3.63, 3.8) is 0 Å². The number of halogens is 1. The normalized spacial score (nSPS) is 22.6. The van der Waals surface area contributed by atoms with Crippen molar-refractivity contribution in [2.24, 2.45) is 0 Å². The third kappa shape index (κ3) is 5.47. The number of fused-ring (bicyclic) bond motifs is 1. The van der Waals surface area contributed by atoms with Crippen LogP contribution in [0.15, 0.2) is 48.5 Å². The molecule has 0 saturated carbocycles. The Hall–Kier alpha value is -2.30. The summed E-state index contributed by atoms with van der Waals surface area (Å²) in [6.07, 6.45) is 2.93. The van der Waals surface area contributed by atoms with Crippen LogP contribution in [0.25, 0.3) is 0 Å². The van der Waals surface area contributed by atoms with Gasteiger partial charge in [0.25, 0.3) is 0 Å². The van der Waals surface area contributed by atoms with E-state index in [1.54, 1.807) is 6.07 Å². The molecule has 0 aromatic heterocycles. The molecule has 1 aliphatic heterocycles. The van der Waals surface area contributed by atoms with Gasteiger partial charge in [0.2, 0.25) is 0 Å². The van der Waals surface area contributed by atoms with Crippen molar-refractivity contribution < 1.29 is 23.5 Å². The van der Waals surface area contributed by atoms with Gasteiger partial charge in [-0.25, -0.2) is 0 Å². The van der Waals surface area contributed by atoms with Crippen LogP contribution in [-0.4, -0.2) is 18.1 Å². The first-order chi connectivity index (χ1) is 17.5. The van der Waals surface area contributed by atoms with Gasteiger partial charge in [-0.15, -0.1) is 0 Å². The number of ether oxygens (including phenoxy) is 1. The maximum absolute atomic E-state index is 13.3. The van der Waals surface area contributed by atoms with Crippen molar-refractivity contribution in [1.29, 1.82) is 0 Å². The molecule has 0 bridgehead atoms. The lowest BCUT2D eigenvalue weighted by Crippen LogP contribution is -2.17. The number of hydrogen-bond acceptors (Lipinski definition) is 5. The Morgan fingerprint density at radius 3 is 2.62 bits per heavy atom. The molecule has 196 valence electrons. The summed E-state index contributed by atoms with van der Waals surface area (Å²) in [5.74, 6) is 1.04. The van der Waals surface area contributed by atoms with Gasteiger partial charge < -0.3 is 14.4 Å². The van der Waals surface area contributed by atoms with Crippen molar-refractivity contribution in [3.05, 3.63) is 92.5 Å². The molecule has 3 aromatic carbocycles. The zero-order valence-electron chi connectivity index (χ0n) is 21.8.